The van der Waals surface area contributed by atoms with Gasteiger partial charge in [0.2, 0.25) is 0 Å². The molecule has 1 N–H and O–H groups in total. The summed E-state index contributed by atoms with van der Waals surface area (Å²) in [5.74, 6) is -0.170. The second kappa shape index (κ2) is 8.63. The maximum Gasteiger partial charge on any atom is 0.252 e. The zero-order chi connectivity index (χ0) is 19.4. The van der Waals surface area contributed by atoms with Crippen molar-refractivity contribution in [2.75, 3.05) is 12.8 Å². The zero-order valence-electron chi connectivity index (χ0n) is 15.2. The Balaban J connectivity index is 1.95. The van der Waals surface area contributed by atoms with Gasteiger partial charge in [-0.05, 0) is 24.6 Å². The third-order valence-electron chi connectivity index (χ3n) is 4.51. The third-order valence-corrected chi connectivity index (χ3v) is 6.21. The molecule has 4 nitrogen and oxygen atoms in total. The van der Waals surface area contributed by atoms with Crippen molar-refractivity contribution in [1.82, 2.24) is 10.3 Å². The number of hydrogen-bond acceptors (Lipinski definition) is 3. The molecule has 0 spiro atoms. The molecule has 1 amide bonds. The minimum Gasteiger partial charge on any atom is -0.352 e. The average molecular weight is 401 g/mol. The van der Waals surface area contributed by atoms with Crippen molar-refractivity contribution in [2.45, 2.75) is 18.6 Å². The van der Waals surface area contributed by atoms with Crippen molar-refractivity contribution in [3.8, 4) is 11.3 Å². The van der Waals surface area contributed by atoms with Gasteiger partial charge in [0.25, 0.3) is 5.91 Å². The largest absolute Gasteiger partial charge is 0.352 e. The van der Waals surface area contributed by atoms with Crippen molar-refractivity contribution >= 4 is 39.2 Å². The van der Waals surface area contributed by atoms with Crippen LogP contribution in [0.25, 0.3) is 22.2 Å². The van der Waals surface area contributed by atoms with Gasteiger partial charge in [-0.15, -0.1) is 0 Å². The van der Waals surface area contributed by atoms with E-state index >= 15 is 0 Å². The fraction of sp³-hybridized carbons (Fsp3) is 0.238. The van der Waals surface area contributed by atoms with Gasteiger partial charge in [-0.2, -0.15) is 0 Å². The SMILES string of the molecule is CC(CCNC(=O)c1cc(-c2ccccc2Cl)nc2ccccc12)S(C)=O. The van der Waals surface area contributed by atoms with Crippen LogP contribution >= 0.6 is 11.6 Å². The second-order valence-corrected chi connectivity index (χ2v) is 8.61. The van der Waals surface area contributed by atoms with E-state index in [1.807, 2.05) is 49.4 Å². The lowest BCUT2D eigenvalue weighted by Crippen LogP contribution is -2.27. The van der Waals surface area contributed by atoms with Gasteiger partial charge in [0.05, 0.1) is 16.8 Å². The Morgan fingerprint density at radius 3 is 2.63 bits per heavy atom. The monoisotopic (exact) mass is 400 g/mol. The van der Waals surface area contributed by atoms with Gasteiger partial charge in [-0.1, -0.05) is 54.9 Å². The number of amides is 1. The van der Waals surface area contributed by atoms with Gasteiger partial charge < -0.3 is 5.32 Å². The number of nitrogens with one attached hydrogen (secondary N) is 1. The molecular formula is C21H21ClN2O2S. The van der Waals surface area contributed by atoms with Crippen LogP contribution in [0.4, 0.5) is 0 Å². The summed E-state index contributed by atoms with van der Waals surface area (Å²) in [7, 11) is -0.899. The number of carbonyl (C=O) groups is 1. The lowest BCUT2D eigenvalue weighted by atomic mass is 10.0. The number of carbonyl (C=O) groups excluding carboxylic acids is 1. The molecule has 6 heteroatoms. The number of fused-ring (bicyclic) bond motifs is 1. The number of benzene rings is 2. The first-order valence-corrected chi connectivity index (χ1v) is 10.7. The van der Waals surface area contributed by atoms with Crippen LogP contribution in [-0.4, -0.2) is 33.2 Å². The highest BCUT2D eigenvalue weighted by Gasteiger charge is 2.15. The molecule has 140 valence electrons. The highest BCUT2D eigenvalue weighted by Crippen LogP contribution is 2.29. The average Bonchev–Trinajstić information content (AvgIpc) is 2.67. The molecular weight excluding hydrogens is 380 g/mol. The highest BCUT2D eigenvalue weighted by molar-refractivity contribution is 7.84. The van der Waals surface area contributed by atoms with Gasteiger partial charge >= 0.3 is 0 Å². The number of hydrogen-bond donors (Lipinski definition) is 1. The summed E-state index contributed by atoms with van der Waals surface area (Å²) in [6.07, 6.45) is 2.34. The van der Waals surface area contributed by atoms with Gasteiger partial charge in [0.15, 0.2) is 0 Å². The third kappa shape index (κ3) is 4.54. The number of nitrogens with zero attached hydrogens (tertiary/aromatic N) is 1. The van der Waals surface area contributed by atoms with Crippen molar-refractivity contribution in [1.29, 1.82) is 0 Å². The molecule has 3 aromatic rings. The Bertz CT molecular complexity index is 1010. The summed E-state index contributed by atoms with van der Waals surface area (Å²) >= 11 is 6.32. The maximum absolute atomic E-state index is 12.8. The number of pyridine rings is 1. The molecule has 1 aromatic heterocycles. The standard InChI is InChI=1S/C21H21ClN2O2S/c1-14(27(2)26)11-12-23-21(25)17-13-20(16-8-3-5-9-18(16)22)24-19-10-6-4-7-15(17)19/h3-10,13-14H,11-12H2,1-2H3,(H,23,25). The van der Waals surface area contributed by atoms with Crippen molar-refractivity contribution in [3.63, 3.8) is 0 Å². The number of aromatic nitrogens is 1. The van der Waals surface area contributed by atoms with Crippen LogP contribution in [0, 0.1) is 0 Å². The predicted molar refractivity (Wildman–Crippen MR) is 113 cm³/mol. The van der Waals surface area contributed by atoms with E-state index in [2.05, 4.69) is 10.3 Å². The van der Waals surface area contributed by atoms with E-state index in [1.165, 1.54) is 0 Å². The molecule has 0 saturated heterocycles. The Labute approximate surface area is 166 Å². The first-order chi connectivity index (χ1) is 13.0. The summed E-state index contributed by atoms with van der Waals surface area (Å²) in [6, 6.07) is 16.8. The fourth-order valence-corrected chi connectivity index (χ4v) is 3.50. The Kier molecular flexibility index (Phi) is 6.24. The molecule has 2 aromatic carbocycles. The molecule has 0 aliphatic rings. The summed E-state index contributed by atoms with van der Waals surface area (Å²) in [6.45, 7) is 2.39. The molecule has 0 bridgehead atoms. The van der Waals surface area contributed by atoms with Crippen molar-refractivity contribution in [2.24, 2.45) is 0 Å². The summed E-state index contributed by atoms with van der Waals surface area (Å²) in [5.41, 5.74) is 2.74. The number of rotatable bonds is 6. The van der Waals surface area contributed by atoms with Gasteiger partial charge in [0, 0.05) is 44.8 Å². The van der Waals surface area contributed by atoms with Crippen molar-refractivity contribution in [3.05, 3.63) is 65.2 Å². The molecule has 2 unspecified atom stereocenters. The maximum atomic E-state index is 12.8. The van der Waals surface area contributed by atoms with Gasteiger partial charge in [0.1, 0.15) is 0 Å². The van der Waals surface area contributed by atoms with Crippen LogP contribution in [0.15, 0.2) is 54.6 Å². The summed E-state index contributed by atoms with van der Waals surface area (Å²) in [5, 5.41) is 4.35. The quantitative estimate of drug-likeness (QED) is 0.665. The van der Waals surface area contributed by atoms with Crippen LogP contribution in [0.1, 0.15) is 23.7 Å². The van der Waals surface area contributed by atoms with E-state index in [0.29, 0.717) is 29.2 Å². The number of para-hydroxylation sites is 1. The molecule has 0 saturated carbocycles. The normalized spacial score (nSPS) is 13.3. The molecule has 1 heterocycles. The summed E-state index contributed by atoms with van der Waals surface area (Å²) in [4.78, 5) is 17.5. The lowest BCUT2D eigenvalue weighted by molar-refractivity contribution is 0.0955. The molecule has 0 aliphatic heterocycles. The van der Waals surface area contributed by atoms with E-state index in [1.54, 1.807) is 18.4 Å². The molecule has 0 fully saturated rings. The van der Waals surface area contributed by atoms with Crippen LogP contribution < -0.4 is 5.32 Å². The van der Waals surface area contributed by atoms with Crippen LogP contribution in [0.3, 0.4) is 0 Å². The molecule has 3 rings (SSSR count). The first kappa shape index (κ1) is 19.5. The lowest BCUT2D eigenvalue weighted by Gasteiger charge is -2.12. The van der Waals surface area contributed by atoms with Gasteiger partial charge in [-0.3, -0.25) is 9.00 Å². The minimum atomic E-state index is -0.899. The zero-order valence-corrected chi connectivity index (χ0v) is 16.8. The van der Waals surface area contributed by atoms with Crippen molar-refractivity contribution < 1.29 is 9.00 Å². The van der Waals surface area contributed by atoms with E-state index in [-0.39, 0.29) is 11.2 Å². The predicted octanol–water partition coefficient (Wildman–Crippen LogP) is 4.44. The molecule has 0 aliphatic carbocycles. The molecule has 2 atom stereocenters. The van der Waals surface area contributed by atoms with Crippen LogP contribution in [0.5, 0.6) is 0 Å². The highest BCUT2D eigenvalue weighted by atomic mass is 35.5. The summed E-state index contributed by atoms with van der Waals surface area (Å²) < 4.78 is 11.5. The smallest absolute Gasteiger partial charge is 0.252 e. The van der Waals surface area contributed by atoms with E-state index in [9.17, 15) is 9.00 Å². The molecule has 27 heavy (non-hydrogen) atoms. The fourth-order valence-electron chi connectivity index (χ4n) is 2.82. The molecule has 0 radical (unpaired) electrons. The van der Waals surface area contributed by atoms with Gasteiger partial charge in [-0.25, -0.2) is 4.98 Å². The Hall–Kier alpha value is -2.24. The first-order valence-electron chi connectivity index (χ1n) is 8.72. The Morgan fingerprint density at radius 1 is 1.19 bits per heavy atom. The van der Waals surface area contributed by atoms with Crippen LogP contribution in [0.2, 0.25) is 5.02 Å². The Morgan fingerprint density at radius 2 is 1.89 bits per heavy atom. The van der Waals surface area contributed by atoms with E-state index in [4.69, 9.17) is 11.6 Å². The van der Waals surface area contributed by atoms with Crippen LogP contribution in [-0.2, 0) is 10.8 Å². The number of halogens is 1. The van der Waals surface area contributed by atoms with E-state index in [0.717, 1.165) is 16.5 Å². The topological polar surface area (TPSA) is 59.1 Å². The minimum absolute atomic E-state index is 0.0400. The second-order valence-electron chi connectivity index (χ2n) is 6.41. The van der Waals surface area contributed by atoms with E-state index < -0.39 is 10.8 Å².